The molecule has 0 saturated heterocycles. The third-order valence-corrected chi connectivity index (χ3v) is 3.29. The molecule has 2 heteroatoms. The summed E-state index contributed by atoms with van der Waals surface area (Å²) in [5.74, 6) is 2.87. The fourth-order valence-corrected chi connectivity index (χ4v) is 1.94. The molecule has 0 aliphatic heterocycles. The summed E-state index contributed by atoms with van der Waals surface area (Å²) >= 11 is 2.07. The molecule has 0 fully saturated rings. The van der Waals surface area contributed by atoms with E-state index in [2.05, 4.69) is 51.7 Å². The molecule has 0 radical (unpaired) electrons. The second-order valence-electron chi connectivity index (χ2n) is 4.59. The summed E-state index contributed by atoms with van der Waals surface area (Å²) in [6.07, 6.45) is 0. The molecule has 0 aliphatic carbocycles. The van der Waals surface area contributed by atoms with Crippen LogP contribution in [-0.4, -0.2) is 24.1 Å². The van der Waals surface area contributed by atoms with Crippen LogP contribution in [0.25, 0.3) is 0 Å². The van der Waals surface area contributed by atoms with Gasteiger partial charge in [-0.1, -0.05) is 34.6 Å². The minimum absolute atomic E-state index is 0.751. The van der Waals surface area contributed by atoms with E-state index >= 15 is 0 Å². The molecule has 1 atom stereocenters. The Balaban J connectivity index is 3.25. The zero-order valence-electron chi connectivity index (χ0n) is 9.76. The third-order valence-electron chi connectivity index (χ3n) is 1.70. The van der Waals surface area contributed by atoms with Crippen molar-refractivity contribution in [3.63, 3.8) is 0 Å². The maximum absolute atomic E-state index is 3.49. The van der Waals surface area contributed by atoms with Gasteiger partial charge in [0, 0.05) is 11.8 Å². The quantitative estimate of drug-likeness (QED) is 0.682. The molecular formula is C11H25NS. The van der Waals surface area contributed by atoms with Crippen LogP contribution in [-0.2, 0) is 0 Å². The van der Waals surface area contributed by atoms with Gasteiger partial charge < -0.3 is 5.32 Å². The van der Waals surface area contributed by atoms with Crippen molar-refractivity contribution in [3.05, 3.63) is 0 Å². The third kappa shape index (κ3) is 10.2. The first-order valence-electron chi connectivity index (χ1n) is 5.34. The zero-order chi connectivity index (χ0) is 10.3. The van der Waals surface area contributed by atoms with E-state index in [-0.39, 0.29) is 0 Å². The lowest BCUT2D eigenvalue weighted by atomic mass is 10.2. The molecule has 1 nitrogen and oxygen atoms in total. The predicted molar refractivity (Wildman–Crippen MR) is 64.5 cm³/mol. The van der Waals surface area contributed by atoms with Crippen molar-refractivity contribution in [2.75, 3.05) is 18.8 Å². The Labute approximate surface area is 88.1 Å². The molecule has 0 bridgehead atoms. The van der Waals surface area contributed by atoms with Gasteiger partial charge in [0.05, 0.1) is 0 Å². The highest BCUT2D eigenvalue weighted by Crippen LogP contribution is 2.13. The van der Waals surface area contributed by atoms with Gasteiger partial charge in [-0.25, -0.2) is 0 Å². The van der Waals surface area contributed by atoms with Gasteiger partial charge in [-0.2, -0.15) is 11.8 Å². The van der Waals surface area contributed by atoms with Crippen molar-refractivity contribution in [2.24, 2.45) is 11.8 Å². The van der Waals surface area contributed by atoms with E-state index in [1.807, 2.05) is 0 Å². The van der Waals surface area contributed by atoms with Crippen LogP contribution >= 0.6 is 11.8 Å². The van der Waals surface area contributed by atoms with Crippen molar-refractivity contribution in [1.29, 1.82) is 0 Å². The molecule has 0 amide bonds. The van der Waals surface area contributed by atoms with Crippen LogP contribution in [0.3, 0.4) is 0 Å². The lowest BCUT2D eigenvalue weighted by Crippen LogP contribution is -2.26. The first kappa shape index (κ1) is 13.3. The monoisotopic (exact) mass is 203 g/mol. The van der Waals surface area contributed by atoms with Gasteiger partial charge in [0.25, 0.3) is 0 Å². The molecule has 80 valence electrons. The van der Waals surface area contributed by atoms with Gasteiger partial charge in [-0.3, -0.25) is 0 Å². The SMILES string of the molecule is CC(C)CNCC(C)SCC(C)C. The van der Waals surface area contributed by atoms with Gasteiger partial charge >= 0.3 is 0 Å². The maximum atomic E-state index is 3.49. The fourth-order valence-electron chi connectivity index (χ4n) is 0.991. The van der Waals surface area contributed by atoms with Crippen LogP contribution in [0.2, 0.25) is 0 Å². The van der Waals surface area contributed by atoms with E-state index < -0.39 is 0 Å². The van der Waals surface area contributed by atoms with E-state index in [4.69, 9.17) is 0 Å². The van der Waals surface area contributed by atoms with Gasteiger partial charge in [-0.15, -0.1) is 0 Å². The molecule has 0 saturated carbocycles. The molecule has 0 heterocycles. The zero-order valence-corrected chi connectivity index (χ0v) is 10.6. The summed E-state index contributed by atoms with van der Waals surface area (Å²) in [6, 6.07) is 0. The van der Waals surface area contributed by atoms with Crippen LogP contribution in [0.1, 0.15) is 34.6 Å². The lowest BCUT2D eigenvalue weighted by molar-refractivity contribution is 0.553. The molecule has 0 rings (SSSR count). The highest BCUT2D eigenvalue weighted by Gasteiger charge is 2.03. The molecule has 0 aromatic rings. The standard InChI is InChI=1S/C11H25NS/c1-9(2)6-12-7-11(5)13-8-10(3)4/h9-12H,6-8H2,1-5H3. The predicted octanol–water partition coefficient (Wildman–Crippen LogP) is 3.01. The molecule has 0 aromatic carbocycles. The Morgan fingerprint density at radius 3 is 2.00 bits per heavy atom. The van der Waals surface area contributed by atoms with Crippen molar-refractivity contribution in [3.8, 4) is 0 Å². The minimum atomic E-state index is 0.751. The maximum Gasteiger partial charge on any atom is 0.0144 e. The summed E-state index contributed by atoms with van der Waals surface area (Å²) in [7, 11) is 0. The van der Waals surface area contributed by atoms with E-state index in [1.165, 1.54) is 5.75 Å². The number of rotatable bonds is 7. The number of nitrogens with one attached hydrogen (secondary N) is 1. The second-order valence-corrected chi connectivity index (χ2v) is 6.06. The average molecular weight is 203 g/mol. The minimum Gasteiger partial charge on any atom is -0.315 e. The molecule has 1 N–H and O–H groups in total. The smallest absolute Gasteiger partial charge is 0.0144 e. The summed E-state index contributed by atoms with van der Waals surface area (Å²) in [6.45, 7) is 13.7. The van der Waals surface area contributed by atoms with Crippen LogP contribution < -0.4 is 5.32 Å². The largest absolute Gasteiger partial charge is 0.315 e. The van der Waals surface area contributed by atoms with E-state index in [1.54, 1.807) is 0 Å². The molecule has 13 heavy (non-hydrogen) atoms. The van der Waals surface area contributed by atoms with Crippen molar-refractivity contribution in [1.82, 2.24) is 5.32 Å². The van der Waals surface area contributed by atoms with E-state index in [9.17, 15) is 0 Å². The van der Waals surface area contributed by atoms with Gasteiger partial charge in [-0.05, 0) is 24.1 Å². The summed E-state index contributed by atoms with van der Waals surface area (Å²) in [5, 5.41) is 4.24. The molecule has 0 spiro atoms. The van der Waals surface area contributed by atoms with Crippen LogP contribution in [0, 0.1) is 11.8 Å². The van der Waals surface area contributed by atoms with Crippen molar-refractivity contribution >= 4 is 11.8 Å². The summed E-state index contributed by atoms with van der Waals surface area (Å²) < 4.78 is 0. The number of thioether (sulfide) groups is 1. The normalized spacial score (nSPS) is 14.1. The van der Waals surface area contributed by atoms with Gasteiger partial charge in [0.15, 0.2) is 0 Å². The average Bonchev–Trinajstić information content (AvgIpc) is 2.00. The molecular weight excluding hydrogens is 178 g/mol. The second kappa shape index (κ2) is 7.69. The summed E-state index contributed by atoms with van der Waals surface area (Å²) in [5.41, 5.74) is 0. The fraction of sp³-hybridized carbons (Fsp3) is 1.00. The highest BCUT2D eigenvalue weighted by molar-refractivity contribution is 7.99. The molecule has 0 aliphatic rings. The number of hydrogen-bond donors (Lipinski definition) is 1. The molecule has 0 aromatic heterocycles. The van der Waals surface area contributed by atoms with Gasteiger partial charge in [0.2, 0.25) is 0 Å². The highest BCUT2D eigenvalue weighted by atomic mass is 32.2. The molecule has 1 unspecified atom stereocenters. The first-order valence-corrected chi connectivity index (χ1v) is 6.39. The van der Waals surface area contributed by atoms with Gasteiger partial charge in [0.1, 0.15) is 0 Å². The van der Waals surface area contributed by atoms with E-state index in [0.29, 0.717) is 0 Å². The van der Waals surface area contributed by atoms with Crippen LogP contribution in [0.4, 0.5) is 0 Å². The van der Waals surface area contributed by atoms with Crippen molar-refractivity contribution in [2.45, 2.75) is 39.9 Å². The summed E-state index contributed by atoms with van der Waals surface area (Å²) in [4.78, 5) is 0. The number of hydrogen-bond acceptors (Lipinski definition) is 2. The van der Waals surface area contributed by atoms with E-state index in [0.717, 1.165) is 30.2 Å². The topological polar surface area (TPSA) is 12.0 Å². The Kier molecular flexibility index (Phi) is 7.87. The Bertz CT molecular complexity index is 113. The Hall–Kier alpha value is 0.310. The lowest BCUT2D eigenvalue weighted by Gasteiger charge is -2.14. The Morgan fingerprint density at radius 1 is 0.923 bits per heavy atom. The van der Waals surface area contributed by atoms with Crippen LogP contribution in [0.15, 0.2) is 0 Å². The van der Waals surface area contributed by atoms with Crippen LogP contribution in [0.5, 0.6) is 0 Å². The van der Waals surface area contributed by atoms with Crippen molar-refractivity contribution < 1.29 is 0 Å². The Morgan fingerprint density at radius 2 is 1.54 bits per heavy atom. The first-order chi connectivity index (χ1) is 6.02.